The van der Waals surface area contributed by atoms with Crippen LogP contribution in [0.2, 0.25) is 0 Å². The van der Waals surface area contributed by atoms with Gasteiger partial charge in [-0.1, -0.05) is 25.1 Å². The Hall–Kier alpha value is -1.79. The lowest BCUT2D eigenvalue weighted by molar-refractivity contribution is 0.604. The molecular formula is C19H22FIN4S. The molecule has 0 bridgehead atoms. The van der Waals surface area contributed by atoms with E-state index in [1.807, 2.05) is 24.3 Å². The van der Waals surface area contributed by atoms with E-state index >= 15 is 0 Å². The lowest BCUT2D eigenvalue weighted by atomic mass is 10.1. The second-order valence-electron chi connectivity index (χ2n) is 5.47. The Morgan fingerprint density at radius 3 is 2.62 bits per heavy atom. The molecule has 0 radical (unpaired) electrons. The molecule has 26 heavy (non-hydrogen) atoms. The van der Waals surface area contributed by atoms with E-state index in [-0.39, 0.29) is 36.3 Å². The fourth-order valence-corrected chi connectivity index (χ4v) is 3.14. The highest BCUT2D eigenvalue weighted by Crippen LogP contribution is 2.21. The summed E-state index contributed by atoms with van der Waals surface area (Å²) in [4.78, 5) is 5.37. The zero-order chi connectivity index (χ0) is 18.1. The Morgan fingerprint density at radius 2 is 1.96 bits per heavy atom. The average Bonchev–Trinajstić information content (AvgIpc) is 2.64. The first-order valence-electron chi connectivity index (χ1n) is 7.97. The first-order valence-corrected chi connectivity index (χ1v) is 8.85. The second kappa shape index (κ2) is 11.8. The Bertz CT molecular complexity index is 762. The number of benzene rings is 2. The van der Waals surface area contributed by atoms with Crippen LogP contribution in [0.25, 0.3) is 0 Å². The Kier molecular flexibility index (Phi) is 10.1. The molecular weight excluding hydrogens is 462 g/mol. The third kappa shape index (κ3) is 7.22. The van der Waals surface area contributed by atoms with Gasteiger partial charge in [0.15, 0.2) is 5.96 Å². The van der Waals surface area contributed by atoms with Crippen LogP contribution in [0, 0.1) is 17.1 Å². The summed E-state index contributed by atoms with van der Waals surface area (Å²) in [5.41, 5.74) is 0.878. The van der Waals surface area contributed by atoms with Crippen LogP contribution in [0.5, 0.6) is 0 Å². The van der Waals surface area contributed by atoms with E-state index in [9.17, 15) is 4.39 Å². The molecule has 0 spiro atoms. The first kappa shape index (κ1) is 22.3. The number of thioether (sulfide) groups is 1. The predicted molar refractivity (Wildman–Crippen MR) is 116 cm³/mol. The number of aliphatic imine (C=N–C) groups is 1. The summed E-state index contributed by atoms with van der Waals surface area (Å²) < 4.78 is 13.8. The molecule has 2 rings (SSSR count). The SMILES string of the molecule is CN=C(NCc1cc(C#N)ccc1F)NCC(C)Sc1ccccc1.I. The number of halogens is 2. The maximum atomic E-state index is 13.8. The van der Waals surface area contributed by atoms with Crippen molar-refractivity contribution in [2.24, 2.45) is 4.99 Å². The summed E-state index contributed by atoms with van der Waals surface area (Å²) in [6.07, 6.45) is 0. The Labute approximate surface area is 175 Å². The molecule has 0 aliphatic carbocycles. The largest absolute Gasteiger partial charge is 0.355 e. The van der Waals surface area contributed by atoms with E-state index in [4.69, 9.17) is 5.26 Å². The zero-order valence-electron chi connectivity index (χ0n) is 14.7. The van der Waals surface area contributed by atoms with Gasteiger partial charge in [0.05, 0.1) is 11.6 Å². The Balaban J connectivity index is 0.00000338. The lowest BCUT2D eigenvalue weighted by Crippen LogP contribution is -2.39. The van der Waals surface area contributed by atoms with Gasteiger partial charge in [-0.2, -0.15) is 5.26 Å². The van der Waals surface area contributed by atoms with Crippen molar-refractivity contribution in [1.82, 2.24) is 10.6 Å². The van der Waals surface area contributed by atoms with Crippen molar-refractivity contribution in [2.45, 2.75) is 23.6 Å². The number of nitrogens with one attached hydrogen (secondary N) is 2. The first-order chi connectivity index (χ1) is 12.1. The highest BCUT2D eigenvalue weighted by atomic mass is 127. The standard InChI is InChI=1S/C19H21FN4S.HI/c1-14(25-17-6-4-3-5-7-17)12-23-19(22-2)24-13-16-10-15(11-21)8-9-18(16)20;/h3-10,14H,12-13H2,1-2H3,(H2,22,23,24);1H. The van der Waals surface area contributed by atoms with Gasteiger partial charge in [-0.3, -0.25) is 4.99 Å². The summed E-state index contributed by atoms with van der Waals surface area (Å²) in [6, 6.07) is 16.5. The van der Waals surface area contributed by atoms with Crippen LogP contribution in [0.3, 0.4) is 0 Å². The van der Waals surface area contributed by atoms with Crippen LogP contribution in [0.1, 0.15) is 18.1 Å². The van der Waals surface area contributed by atoms with E-state index in [1.165, 1.54) is 17.0 Å². The summed E-state index contributed by atoms with van der Waals surface area (Å²) >= 11 is 1.78. The van der Waals surface area contributed by atoms with Crippen molar-refractivity contribution in [2.75, 3.05) is 13.6 Å². The minimum atomic E-state index is -0.338. The zero-order valence-corrected chi connectivity index (χ0v) is 17.8. The molecule has 2 aromatic carbocycles. The molecule has 0 amide bonds. The smallest absolute Gasteiger partial charge is 0.191 e. The molecule has 7 heteroatoms. The summed E-state index contributed by atoms with van der Waals surface area (Å²) in [5.74, 6) is 0.261. The molecule has 4 nitrogen and oxygen atoms in total. The Morgan fingerprint density at radius 1 is 1.23 bits per heavy atom. The maximum absolute atomic E-state index is 13.8. The minimum absolute atomic E-state index is 0. The van der Waals surface area contributed by atoms with Crippen LogP contribution in [-0.2, 0) is 6.54 Å². The topological polar surface area (TPSA) is 60.2 Å². The summed E-state index contributed by atoms with van der Waals surface area (Å²) in [5, 5.41) is 15.6. The molecule has 138 valence electrons. The lowest BCUT2D eigenvalue weighted by Gasteiger charge is -2.16. The summed E-state index contributed by atoms with van der Waals surface area (Å²) in [7, 11) is 1.67. The van der Waals surface area contributed by atoms with Crippen LogP contribution in [-0.4, -0.2) is 24.8 Å². The van der Waals surface area contributed by atoms with E-state index in [1.54, 1.807) is 24.9 Å². The van der Waals surface area contributed by atoms with E-state index in [0.29, 0.717) is 22.3 Å². The highest BCUT2D eigenvalue weighted by molar-refractivity contribution is 14.0. The molecule has 0 aromatic heterocycles. The molecule has 1 unspecified atom stereocenters. The molecule has 0 aliphatic heterocycles. The minimum Gasteiger partial charge on any atom is -0.355 e. The van der Waals surface area contributed by atoms with Crippen molar-refractivity contribution >= 4 is 41.7 Å². The van der Waals surface area contributed by atoms with Crippen LogP contribution in [0.4, 0.5) is 4.39 Å². The number of hydrogen-bond donors (Lipinski definition) is 2. The van der Waals surface area contributed by atoms with Crippen molar-refractivity contribution < 1.29 is 4.39 Å². The van der Waals surface area contributed by atoms with Gasteiger partial charge in [0, 0.05) is 35.8 Å². The van der Waals surface area contributed by atoms with E-state index in [2.05, 4.69) is 34.7 Å². The van der Waals surface area contributed by atoms with Crippen LogP contribution in [0.15, 0.2) is 58.4 Å². The fraction of sp³-hybridized carbons (Fsp3) is 0.263. The molecule has 0 fully saturated rings. The molecule has 2 N–H and O–H groups in total. The van der Waals surface area contributed by atoms with Crippen molar-refractivity contribution in [3.8, 4) is 6.07 Å². The van der Waals surface area contributed by atoms with E-state index < -0.39 is 0 Å². The van der Waals surface area contributed by atoms with Gasteiger partial charge in [-0.15, -0.1) is 35.7 Å². The average molecular weight is 484 g/mol. The van der Waals surface area contributed by atoms with Crippen LogP contribution >= 0.6 is 35.7 Å². The number of nitriles is 1. The normalized spacial score (nSPS) is 11.8. The quantitative estimate of drug-likeness (QED) is 0.280. The molecule has 0 saturated carbocycles. The van der Waals surface area contributed by atoms with Crippen molar-refractivity contribution in [3.63, 3.8) is 0 Å². The van der Waals surface area contributed by atoms with Gasteiger partial charge in [0.2, 0.25) is 0 Å². The van der Waals surface area contributed by atoms with E-state index in [0.717, 1.165) is 6.54 Å². The van der Waals surface area contributed by atoms with Crippen molar-refractivity contribution in [1.29, 1.82) is 5.26 Å². The van der Waals surface area contributed by atoms with Crippen molar-refractivity contribution in [3.05, 3.63) is 65.5 Å². The molecule has 0 heterocycles. The third-order valence-corrected chi connectivity index (χ3v) is 4.60. The maximum Gasteiger partial charge on any atom is 0.191 e. The third-order valence-electron chi connectivity index (χ3n) is 3.48. The van der Waals surface area contributed by atoms with Gasteiger partial charge >= 0.3 is 0 Å². The van der Waals surface area contributed by atoms with Gasteiger partial charge in [0.25, 0.3) is 0 Å². The number of nitrogens with zero attached hydrogens (tertiary/aromatic N) is 2. The number of guanidine groups is 1. The highest BCUT2D eigenvalue weighted by Gasteiger charge is 2.08. The predicted octanol–water partition coefficient (Wildman–Crippen LogP) is 4.16. The van der Waals surface area contributed by atoms with Gasteiger partial charge in [0.1, 0.15) is 5.82 Å². The fourth-order valence-electron chi connectivity index (χ4n) is 2.19. The van der Waals surface area contributed by atoms with Gasteiger partial charge in [-0.05, 0) is 30.3 Å². The number of rotatable bonds is 6. The van der Waals surface area contributed by atoms with Gasteiger partial charge < -0.3 is 10.6 Å². The molecule has 2 aromatic rings. The summed E-state index contributed by atoms with van der Waals surface area (Å²) in [6.45, 7) is 3.12. The molecule has 1 atom stereocenters. The second-order valence-corrected chi connectivity index (χ2v) is 6.98. The number of hydrogen-bond acceptors (Lipinski definition) is 3. The monoisotopic (exact) mass is 484 g/mol. The van der Waals surface area contributed by atoms with Crippen LogP contribution < -0.4 is 10.6 Å². The van der Waals surface area contributed by atoms with Gasteiger partial charge in [-0.25, -0.2) is 4.39 Å². The molecule has 0 saturated heterocycles. The molecule has 0 aliphatic rings.